The van der Waals surface area contributed by atoms with Crippen LogP contribution in [0.2, 0.25) is 0 Å². The summed E-state index contributed by atoms with van der Waals surface area (Å²) < 4.78 is 0. The molecule has 106 valence electrons. The quantitative estimate of drug-likeness (QED) is 0.486. The van der Waals surface area contributed by atoms with E-state index >= 15 is 0 Å². The number of carbonyl (C=O) groups is 2. The van der Waals surface area contributed by atoms with Crippen LogP contribution in [0.1, 0.15) is 30.1 Å². The van der Waals surface area contributed by atoms with E-state index in [0.29, 0.717) is 22.8 Å². The van der Waals surface area contributed by atoms with Crippen LogP contribution in [0.15, 0.2) is 58.8 Å². The minimum Gasteiger partial charge on any atom is -0.312 e. The van der Waals surface area contributed by atoms with Gasteiger partial charge in [-0.1, -0.05) is 23.4 Å². The first-order valence-corrected chi connectivity index (χ1v) is 6.94. The maximum absolute atomic E-state index is 11.9. The van der Waals surface area contributed by atoms with E-state index < -0.39 is 5.97 Å². The Hall–Kier alpha value is -2.49. The summed E-state index contributed by atoms with van der Waals surface area (Å²) in [6.07, 6.45) is 5.41. The Bertz CT molecular complexity index is 679. The van der Waals surface area contributed by atoms with Crippen molar-refractivity contribution < 1.29 is 14.4 Å². The average molecular weight is 281 g/mol. The molecule has 1 saturated carbocycles. The van der Waals surface area contributed by atoms with Gasteiger partial charge < -0.3 is 4.84 Å². The summed E-state index contributed by atoms with van der Waals surface area (Å²) in [7, 11) is 0. The highest BCUT2D eigenvalue weighted by atomic mass is 16.7. The summed E-state index contributed by atoms with van der Waals surface area (Å²) in [4.78, 5) is 28.6. The highest BCUT2D eigenvalue weighted by Crippen LogP contribution is 2.38. The van der Waals surface area contributed by atoms with Gasteiger partial charge in [0.25, 0.3) is 0 Å². The normalized spacial score (nSPS) is 20.0. The molecule has 4 nitrogen and oxygen atoms in total. The molecule has 0 amide bonds. The van der Waals surface area contributed by atoms with E-state index in [1.165, 1.54) is 0 Å². The lowest BCUT2D eigenvalue weighted by molar-refractivity contribution is -0.111. The number of ketones is 1. The minimum absolute atomic E-state index is 0.00485. The van der Waals surface area contributed by atoms with Gasteiger partial charge in [-0.05, 0) is 61.1 Å². The lowest BCUT2D eigenvalue weighted by Gasteiger charge is -2.11. The van der Waals surface area contributed by atoms with E-state index in [1.807, 2.05) is 6.07 Å². The summed E-state index contributed by atoms with van der Waals surface area (Å²) in [6, 6.07) is 8.71. The van der Waals surface area contributed by atoms with Crippen LogP contribution in [0.5, 0.6) is 0 Å². The zero-order valence-corrected chi connectivity index (χ0v) is 11.7. The number of benzene rings is 1. The Kier molecular flexibility index (Phi) is 3.52. The molecular weight excluding hydrogens is 266 g/mol. The van der Waals surface area contributed by atoms with Crippen LogP contribution in [0, 0.1) is 5.92 Å². The molecule has 2 aliphatic carbocycles. The van der Waals surface area contributed by atoms with Gasteiger partial charge in [0.15, 0.2) is 5.78 Å². The van der Waals surface area contributed by atoms with Gasteiger partial charge in [-0.2, -0.15) is 0 Å². The standard InChI is InChI=1S/C17H15NO3/c1-11-9-15(14(10-16(11)19)12-7-8-12)18-21-17(20)13-5-3-2-4-6-13/h2-6,9-10,12H,7-8H2,1H3/b18-15+. The van der Waals surface area contributed by atoms with E-state index in [2.05, 4.69) is 5.16 Å². The molecule has 0 saturated heterocycles. The fourth-order valence-corrected chi connectivity index (χ4v) is 2.21. The van der Waals surface area contributed by atoms with Gasteiger partial charge in [0, 0.05) is 0 Å². The van der Waals surface area contributed by atoms with Crippen LogP contribution in [0.4, 0.5) is 0 Å². The maximum atomic E-state index is 11.9. The van der Waals surface area contributed by atoms with Crippen molar-refractivity contribution in [1.29, 1.82) is 0 Å². The molecule has 3 rings (SSSR count). The van der Waals surface area contributed by atoms with E-state index in [0.717, 1.165) is 18.4 Å². The molecule has 1 fully saturated rings. The van der Waals surface area contributed by atoms with Gasteiger partial charge in [-0.25, -0.2) is 4.79 Å². The van der Waals surface area contributed by atoms with Crippen molar-refractivity contribution in [3.8, 4) is 0 Å². The number of hydrogen-bond donors (Lipinski definition) is 0. The van der Waals surface area contributed by atoms with Crippen LogP contribution in [-0.2, 0) is 9.63 Å². The van der Waals surface area contributed by atoms with Crippen LogP contribution in [0.25, 0.3) is 0 Å². The third kappa shape index (κ3) is 2.99. The van der Waals surface area contributed by atoms with E-state index in [9.17, 15) is 9.59 Å². The zero-order chi connectivity index (χ0) is 14.8. The monoisotopic (exact) mass is 281 g/mol. The summed E-state index contributed by atoms with van der Waals surface area (Å²) >= 11 is 0. The molecule has 1 aromatic carbocycles. The molecule has 0 aliphatic heterocycles. The summed E-state index contributed by atoms with van der Waals surface area (Å²) in [6.45, 7) is 1.73. The number of nitrogens with zero attached hydrogens (tertiary/aromatic N) is 1. The topological polar surface area (TPSA) is 55.7 Å². The molecule has 0 bridgehead atoms. The molecule has 0 atom stereocenters. The predicted molar refractivity (Wildman–Crippen MR) is 78.9 cm³/mol. The van der Waals surface area contributed by atoms with Crippen LogP contribution in [-0.4, -0.2) is 17.5 Å². The third-order valence-electron chi connectivity index (χ3n) is 3.58. The number of allylic oxidation sites excluding steroid dienone is 4. The Morgan fingerprint density at radius 1 is 1.19 bits per heavy atom. The van der Waals surface area contributed by atoms with Crippen LogP contribution >= 0.6 is 0 Å². The molecule has 1 aromatic rings. The van der Waals surface area contributed by atoms with Gasteiger partial charge in [-0.15, -0.1) is 0 Å². The predicted octanol–water partition coefficient (Wildman–Crippen LogP) is 3.06. The maximum Gasteiger partial charge on any atom is 0.365 e. The molecular formula is C17H15NO3. The summed E-state index contributed by atoms with van der Waals surface area (Å²) in [5.41, 5.74) is 2.52. The fourth-order valence-electron chi connectivity index (χ4n) is 2.21. The number of rotatable bonds is 3. The second-order valence-corrected chi connectivity index (χ2v) is 5.29. The molecule has 21 heavy (non-hydrogen) atoms. The van der Waals surface area contributed by atoms with E-state index in [4.69, 9.17) is 4.84 Å². The van der Waals surface area contributed by atoms with Gasteiger partial charge in [-0.3, -0.25) is 4.79 Å². The van der Waals surface area contributed by atoms with Gasteiger partial charge in [0.2, 0.25) is 0 Å². The molecule has 0 heterocycles. The van der Waals surface area contributed by atoms with E-state index in [-0.39, 0.29) is 5.78 Å². The Balaban J connectivity index is 1.80. The first-order chi connectivity index (χ1) is 10.1. The third-order valence-corrected chi connectivity index (χ3v) is 3.58. The Morgan fingerprint density at radius 2 is 1.90 bits per heavy atom. The second kappa shape index (κ2) is 5.48. The highest BCUT2D eigenvalue weighted by molar-refractivity contribution is 6.22. The highest BCUT2D eigenvalue weighted by Gasteiger charge is 2.31. The van der Waals surface area contributed by atoms with Gasteiger partial charge in [0.05, 0.1) is 5.56 Å². The van der Waals surface area contributed by atoms with Crippen molar-refractivity contribution in [3.05, 3.63) is 59.2 Å². The zero-order valence-electron chi connectivity index (χ0n) is 11.7. The summed E-state index contributed by atoms with van der Waals surface area (Å²) in [5, 5.41) is 3.96. The van der Waals surface area contributed by atoms with Crippen molar-refractivity contribution in [1.82, 2.24) is 0 Å². The number of carbonyl (C=O) groups excluding carboxylic acids is 2. The molecule has 0 N–H and O–H groups in total. The molecule has 2 aliphatic rings. The van der Waals surface area contributed by atoms with Crippen molar-refractivity contribution in [2.24, 2.45) is 11.1 Å². The van der Waals surface area contributed by atoms with E-state index in [1.54, 1.807) is 43.3 Å². The first kappa shape index (κ1) is 13.5. The molecule has 4 heteroatoms. The average Bonchev–Trinajstić information content (AvgIpc) is 3.33. The van der Waals surface area contributed by atoms with Crippen LogP contribution in [0.3, 0.4) is 0 Å². The molecule has 0 aromatic heterocycles. The SMILES string of the molecule is CC1=C/C(=N\OC(=O)c2ccccc2)C(C2CC2)=CC1=O. The van der Waals surface area contributed by atoms with Crippen molar-refractivity contribution in [3.63, 3.8) is 0 Å². The smallest absolute Gasteiger partial charge is 0.312 e. The minimum atomic E-state index is -0.499. The van der Waals surface area contributed by atoms with Gasteiger partial charge >= 0.3 is 5.97 Å². The van der Waals surface area contributed by atoms with Gasteiger partial charge in [0.1, 0.15) is 5.71 Å². The number of oxime groups is 1. The second-order valence-electron chi connectivity index (χ2n) is 5.29. The summed E-state index contributed by atoms with van der Waals surface area (Å²) in [5.74, 6) is -0.126. The first-order valence-electron chi connectivity index (χ1n) is 6.94. The number of hydrogen-bond acceptors (Lipinski definition) is 4. The molecule has 0 radical (unpaired) electrons. The lowest BCUT2D eigenvalue weighted by atomic mass is 9.94. The molecule has 0 unspecified atom stereocenters. The Morgan fingerprint density at radius 3 is 2.57 bits per heavy atom. The fraction of sp³-hybridized carbons (Fsp3) is 0.235. The Labute approximate surface area is 122 Å². The molecule has 0 spiro atoms. The largest absolute Gasteiger partial charge is 0.365 e. The van der Waals surface area contributed by atoms with Crippen molar-refractivity contribution in [2.45, 2.75) is 19.8 Å². The lowest BCUT2D eigenvalue weighted by Crippen LogP contribution is -2.14. The van der Waals surface area contributed by atoms with Crippen LogP contribution < -0.4 is 0 Å². The van der Waals surface area contributed by atoms with Crippen molar-refractivity contribution in [2.75, 3.05) is 0 Å². The van der Waals surface area contributed by atoms with Crippen molar-refractivity contribution >= 4 is 17.5 Å².